The largest absolute Gasteiger partial charge is 0.413 e. The Labute approximate surface area is 101 Å². The highest BCUT2D eigenvalue weighted by Gasteiger charge is 2.21. The van der Waals surface area contributed by atoms with Crippen LogP contribution >= 0.6 is 0 Å². The number of para-hydroxylation sites is 1. The zero-order valence-electron chi connectivity index (χ0n) is 9.71. The fourth-order valence-electron chi connectivity index (χ4n) is 1.13. The summed E-state index contributed by atoms with van der Waals surface area (Å²) in [5.41, 5.74) is 0. The molecule has 1 unspecified atom stereocenters. The second kappa shape index (κ2) is 5.67. The van der Waals surface area contributed by atoms with Crippen molar-refractivity contribution in [3.05, 3.63) is 30.3 Å². The number of carbonyl (C=O) groups excluding carboxylic acids is 1. The molecule has 1 rings (SSSR count). The monoisotopic (exact) mass is 257 g/mol. The molecule has 1 N–H and O–H groups in total. The molecular weight excluding hydrogens is 242 g/mol. The van der Waals surface area contributed by atoms with Crippen LogP contribution < -0.4 is 10.1 Å². The Kier molecular flexibility index (Phi) is 4.51. The lowest BCUT2D eigenvalue weighted by atomic mass is 10.3. The van der Waals surface area contributed by atoms with Gasteiger partial charge in [-0.3, -0.25) is 0 Å². The smallest absolute Gasteiger partial charge is 0.410 e. The zero-order valence-corrected chi connectivity index (χ0v) is 10.5. The summed E-state index contributed by atoms with van der Waals surface area (Å²) in [5, 5.41) is 1.32. The molecule has 0 aromatic heterocycles. The standard InChI is InChI=1S/C11H15NO4S/c1-3-17(14,15)9(2)12-11(13)16-10-7-5-4-6-8-10/h4-9H,3H2,1-2H3,(H,12,13). The predicted octanol–water partition coefficient (Wildman–Crippen LogP) is 1.56. The van der Waals surface area contributed by atoms with Gasteiger partial charge in [0.2, 0.25) is 0 Å². The summed E-state index contributed by atoms with van der Waals surface area (Å²) in [7, 11) is -3.30. The number of hydrogen-bond acceptors (Lipinski definition) is 4. The van der Waals surface area contributed by atoms with Crippen LogP contribution in [0.1, 0.15) is 13.8 Å². The average Bonchev–Trinajstić information content (AvgIpc) is 2.30. The SMILES string of the molecule is CCS(=O)(=O)C(C)NC(=O)Oc1ccccc1. The maximum absolute atomic E-state index is 11.4. The summed E-state index contributed by atoms with van der Waals surface area (Å²) in [6.45, 7) is 2.93. The Morgan fingerprint density at radius 1 is 1.35 bits per heavy atom. The summed E-state index contributed by atoms with van der Waals surface area (Å²) in [4.78, 5) is 11.4. The van der Waals surface area contributed by atoms with Crippen molar-refractivity contribution in [2.24, 2.45) is 0 Å². The molecule has 0 aliphatic carbocycles. The second-order valence-electron chi connectivity index (χ2n) is 3.44. The van der Waals surface area contributed by atoms with Gasteiger partial charge in [0.15, 0.2) is 9.84 Å². The number of carbonyl (C=O) groups is 1. The molecule has 5 nitrogen and oxygen atoms in total. The minimum absolute atomic E-state index is 0.0280. The molecule has 1 atom stereocenters. The van der Waals surface area contributed by atoms with Crippen LogP contribution in [0.3, 0.4) is 0 Å². The molecular formula is C11H15NO4S. The highest BCUT2D eigenvalue weighted by atomic mass is 32.2. The number of nitrogens with one attached hydrogen (secondary N) is 1. The Hall–Kier alpha value is -1.56. The van der Waals surface area contributed by atoms with E-state index in [4.69, 9.17) is 4.74 Å². The lowest BCUT2D eigenvalue weighted by Crippen LogP contribution is -2.40. The molecule has 1 aromatic carbocycles. The van der Waals surface area contributed by atoms with Crippen LogP contribution in [0, 0.1) is 0 Å². The number of ether oxygens (including phenoxy) is 1. The summed E-state index contributed by atoms with van der Waals surface area (Å²) in [6.07, 6.45) is -0.777. The summed E-state index contributed by atoms with van der Waals surface area (Å²) >= 11 is 0. The minimum Gasteiger partial charge on any atom is -0.410 e. The molecule has 0 heterocycles. The Morgan fingerprint density at radius 3 is 2.47 bits per heavy atom. The third-order valence-corrected chi connectivity index (χ3v) is 4.22. The van der Waals surface area contributed by atoms with Gasteiger partial charge in [0.25, 0.3) is 0 Å². The maximum Gasteiger partial charge on any atom is 0.413 e. The molecule has 17 heavy (non-hydrogen) atoms. The lowest BCUT2D eigenvalue weighted by Gasteiger charge is -2.13. The molecule has 0 aliphatic heterocycles. The van der Waals surface area contributed by atoms with Crippen molar-refractivity contribution in [1.82, 2.24) is 5.32 Å². The molecule has 0 saturated carbocycles. The first-order valence-corrected chi connectivity index (χ1v) is 6.92. The van der Waals surface area contributed by atoms with E-state index < -0.39 is 21.3 Å². The number of amides is 1. The van der Waals surface area contributed by atoms with Crippen LogP contribution in [0.2, 0.25) is 0 Å². The van der Waals surface area contributed by atoms with E-state index in [9.17, 15) is 13.2 Å². The number of sulfone groups is 1. The normalized spacial score (nSPS) is 12.8. The molecule has 0 fully saturated rings. The summed E-state index contributed by atoms with van der Waals surface area (Å²) in [5.74, 6) is 0.339. The van der Waals surface area contributed by atoms with E-state index in [1.54, 1.807) is 30.3 Å². The van der Waals surface area contributed by atoms with Crippen molar-refractivity contribution in [3.8, 4) is 5.75 Å². The highest BCUT2D eigenvalue weighted by molar-refractivity contribution is 7.91. The van der Waals surface area contributed by atoms with E-state index in [0.717, 1.165) is 0 Å². The first kappa shape index (κ1) is 13.5. The maximum atomic E-state index is 11.4. The Morgan fingerprint density at radius 2 is 1.94 bits per heavy atom. The molecule has 0 radical (unpaired) electrons. The Balaban J connectivity index is 2.57. The third kappa shape index (κ3) is 4.07. The van der Waals surface area contributed by atoms with Gasteiger partial charge in [0, 0.05) is 5.75 Å². The summed E-state index contributed by atoms with van der Waals surface area (Å²) in [6, 6.07) is 8.44. The van der Waals surface area contributed by atoms with Gasteiger partial charge in [-0.15, -0.1) is 0 Å². The summed E-state index contributed by atoms with van der Waals surface area (Å²) < 4.78 is 27.7. The first-order valence-electron chi connectivity index (χ1n) is 5.20. The van der Waals surface area contributed by atoms with Crippen molar-refractivity contribution in [3.63, 3.8) is 0 Å². The number of hydrogen-bond donors (Lipinski definition) is 1. The topological polar surface area (TPSA) is 72.5 Å². The minimum atomic E-state index is -3.30. The fraction of sp³-hybridized carbons (Fsp3) is 0.364. The zero-order chi connectivity index (χ0) is 12.9. The van der Waals surface area contributed by atoms with Gasteiger partial charge < -0.3 is 10.1 Å². The average molecular weight is 257 g/mol. The van der Waals surface area contributed by atoms with E-state index in [1.165, 1.54) is 13.8 Å². The molecule has 1 aromatic rings. The van der Waals surface area contributed by atoms with Gasteiger partial charge in [0.1, 0.15) is 11.1 Å². The molecule has 6 heteroatoms. The van der Waals surface area contributed by atoms with Crippen molar-refractivity contribution >= 4 is 15.9 Å². The Bertz CT molecular complexity index is 470. The quantitative estimate of drug-likeness (QED) is 0.888. The van der Waals surface area contributed by atoms with Gasteiger partial charge in [-0.1, -0.05) is 25.1 Å². The van der Waals surface area contributed by atoms with Crippen molar-refractivity contribution in [2.75, 3.05) is 5.75 Å². The van der Waals surface area contributed by atoms with Crippen LogP contribution in [0.15, 0.2) is 30.3 Å². The van der Waals surface area contributed by atoms with E-state index in [1.807, 2.05) is 0 Å². The van der Waals surface area contributed by atoms with Crippen LogP contribution in [0.5, 0.6) is 5.75 Å². The first-order chi connectivity index (χ1) is 7.95. The van der Waals surface area contributed by atoms with E-state index in [-0.39, 0.29) is 5.75 Å². The van der Waals surface area contributed by atoms with Gasteiger partial charge in [-0.05, 0) is 19.1 Å². The van der Waals surface area contributed by atoms with E-state index in [0.29, 0.717) is 5.75 Å². The van der Waals surface area contributed by atoms with Crippen molar-refractivity contribution in [2.45, 2.75) is 19.2 Å². The lowest BCUT2D eigenvalue weighted by molar-refractivity contribution is 0.199. The predicted molar refractivity (Wildman–Crippen MR) is 64.5 cm³/mol. The number of benzene rings is 1. The van der Waals surface area contributed by atoms with Crippen LogP contribution in [0.25, 0.3) is 0 Å². The van der Waals surface area contributed by atoms with Gasteiger partial charge in [-0.25, -0.2) is 13.2 Å². The van der Waals surface area contributed by atoms with Gasteiger partial charge in [-0.2, -0.15) is 0 Å². The molecule has 0 spiro atoms. The molecule has 1 amide bonds. The second-order valence-corrected chi connectivity index (χ2v) is 6.05. The van der Waals surface area contributed by atoms with Gasteiger partial charge >= 0.3 is 6.09 Å². The van der Waals surface area contributed by atoms with E-state index in [2.05, 4.69) is 5.32 Å². The number of rotatable bonds is 4. The highest BCUT2D eigenvalue weighted by Crippen LogP contribution is 2.08. The molecule has 0 bridgehead atoms. The molecule has 0 aliphatic rings. The van der Waals surface area contributed by atoms with Gasteiger partial charge in [0.05, 0.1) is 0 Å². The fourth-order valence-corrected chi connectivity index (χ4v) is 1.91. The molecule has 0 saturated heterocycles. The van der Waals surface area contributed by atoms with Crippen molar-refractivity contribution < 1.29 is 17.9 Å². The molecule has 94 valence electrons. The van der Waals surface area contributed by atoms with E-state index >= 15 is 0 Å². The third-order valence-electron chi connectivity index (χ3n) is 2.22. The van der Waals surface area contributed by atoms with Crippen LogP contribution in [-0.2, 0) is 9.84 Å². The van der Waals surface area contributed by atoms with Crippen molar-refractivity contribution in [1.29, 1.82) is 0 Å². The van der Waals surface area contributed by atoms with Crippen LogP contribution in [0.4, 0.5) is 4.79 Å². The van der Waals surface area contributed by atoms with Crippen LogP contribution in [-0.4, -0.2) is 25.6 Å².